The zero-order valence-corrected chi connectivity index (χ0v) is 16.2. The van der Waals surface area contributed by atoms with Crippen LogP contribution in [-0.4, -0.2) is 44.1 Å². The van der Waals surface area contributed by atoms with Gasteiger partial charge in [0.15, 0.2) is 5.82 Å². The Balaban J connectivity index is 1.43. The molecule has 0 radical (unpaired) electrons. The van der Waals surface area contributed by atoms with E-state index in [1.165, 1.54) is 6.20 Å². The molecule has 1 unspecified atom stereocenters. The van der Waals surface area contributed by atoms with Crippen LogP contribution in [0.1, 0.15) is 34.9 Å². The molecule has 4 heterocycles. The summed E-state index contributed by atoms with van der Waals surface area (Å²) in [5, 5.41) is 8.32. The van der Waals surface area contributed by atoms with Gasteiger partial charge in [0.25, 0.3) is 5.91 Å². The number of aryl methyl sites for hydroxylation is 1. The number of nitrogens with zero attached hydrogens (tertiary/aromatic N) is 4. The summed E-state index contributed by atoms with van der Waals surface area (Å²) in [6.45, 7) is 0.959. The number of benzene rings is 1. The molecule has 1 atom stereocenters. The fourth-order valence-electron chi connectivity index (χ4n) is 4.15. The molecule has 1 saturated heterocycles. The topological polar surface area (TPSA) is 78.8 Å². The summed E-state index contributed by atoms with van der Waals surface area (Å²) in [4.78, 5) is 22.2. The Hall–Kier alpha value is -3.26. The van der Waals surface area contributed by atoms with E-state index in [4.69, 9.17) is 0 Å². The highest BCUT2D eigenvalue weighted by Gasteiger charge is 2.28. The van der Waals surface area contributed by atoms with Crippen LogP contribution in [0.25, 0.3) is 21.8 Å². The van der Waals surface area contributed by atoms with Crippen molar-refractivity contribution in [1.82, 2.24) is 24.6 Å². The predicted molar refractivity (Wildman–Crippen MR) is 109 cm³/mol. The lowest BCUT2D eigenvalue weighted by molar-refractivity contribution is 0.102. The number of rotatable bonds is 3. The van der Waals surface area contributed by atoms with Crippen molar-refractivity contribution >= 4 is 33.5 Å². The van der Waals surface area contributed by atoms with E-state index in [0.717, 1.165) is 30.3 Å². The number of aromatic nitrogens is 4. The van der Waals surface area contributed by atoms with E-state index < -0.39 is 0 Å². The van der Waals surface area contributed by atoms with Crippen molar-refractivity contribution in [2.45, 2.75) is 18.9 Å². The summed E-state index contributed by atoms with van der Waals surface area (Å²) in [5.74, 6) is -0.155. The van der Waals surface area contributed by atoms with Gasteiger partial charge in [0, 0.05) is 30.3 Å². The molecule has 8 heteroatoms. The minimum Gasteiger partial charge on any atom is -0.354 e. The molecule has 0 spiro atoms. The molecule has 5 rings (SSSR count). The maximum Gasteiger partial charge on any atom is 0.256 e. The van der Waals surface area contributed by atoms with Crippen LogP contribution in [0.15, 0.2) is 36.7 Å². The van der Waals surface area contributed by atoms with E-state index in [1.54, 1.807) is 29.1 Å². The summed E-state index contributed by atoms with van der Waals surface area (Å²) in [6.07, 6.45) is 5.17. The Morgan fingerprint density at radius 2 is 2.14 bits per heavy atom. The maximum atomic E-state index is 14.9. The minimum atomic E-state index is -0.273. The van der Waals surface area contributed by atoms with E-state index in [-0.39, 0.29) is 17.8 Å². The normalized spacial score (nSPS) is 17.4. The number of amides is 1. The van der Waals surface area contributed by atoms with Gasteiger partial charge < -0.3 is 10.3 Å². The smallest absolute Gasteiger partial charge is 0.256 e. The summed E-state index contributed by atoms with van der Waals surface area (Å²) >= 11 is 0. The average molecular weight is 392 g/mol. The second-order valence-electron chi connectivity index (χ2n) is 7.60. The third kappa shape index (κ3) is 2.96. The van der Waals surface area contributed by atoms with Crippen molar-refractivity contribution < 1.29 is 9.18 Å². The number of hydrogen-bond acceptors (Lipinski definition) is 4. The maximum absolute atomic E-state index is 14.9. The predicted octanol–water partition coefficient (Wildman–Crippen LogP) is 3.61. The van der Waals surface area contributed by atoms with Gasteiger partial charge in [-0.05, 0) is 44.6 Å². The lowest BCUT2D eigenvalue weighted by atomic mass is 10.1. The van der Waals surface area contributed by atoms with Gasteiger partial charge >= 0.3 is 0 Å². The van der Waals surface area contributed by atoms with Crippen LogP contribution in [0.3, 0.4) is 0 Å². The van der Waals surface area contributed by atoms with Gasteiger partial charge in [-0.15, -0.1) is 0 Å². The van der Waals surface area contributed by atoms with E-state index >= 15 is 0 Å². The quantitative estimate of drug-likeness (QED) is 0.558. The number of pyridine rings is 1. The summed E-state index contributed by atoms with van der Waals surface area (Å²) in [6, 6.07) is 7.13. The zero-order valence-electron chi connectivity index (χ0n) is 16.2. The molecule has 0 bridgehead atoms. The van der Waals surface area contributed by atoms with Gasteiger partial charge in [-0.2, -0.15) is 5.10 Å². The molecule has 3 aromatic heterocycles. The molecule has 148 valence electrons. The summed E-state index contributed by atoms with van der Waals surface area (Å²) in [7, 11) is 3.86. The number of likely N-dealkylation sites (tertiary alicyclic amines) is 1. The molecule has 1 amide bonds. The third-order valence-corrected chi connectivity index (χ3v) is 5.75. The Morgan fingerprint density at radius 1 is 1.28 bits per heavy atom. The Labute approximate surface area is 166 Å². The number of H-pyrrole nitrogens is 1. The number of carbonyl (C=O) groups excluding carboxylic acids is 1. The van der Waals surface area contributed by atoms with Crippen molar-refractivity contribution in [3.8, 4) is 0 Å². The first-order chi connectivity index (χ1) is 14.0. The van der Waals surface area contributed by atoms with Gasteiger partial charge in [0.1, 0.15) is 5.82 Å². The number of fused-ring (bicyclic) bond motifs is 2. The second kappa shape index (κ2) is 6.66. The number of hydrogen-bond donors (Lipinski definition) is 2. The monoisotopic (exact) mass is 392 g/mol. The van der Waals surface area contributed by atoms with Crippen molar-refractivity contribution in [2.75, 3.05) is 18.9 Å². The highest BCUT2D eigenvalue weighted by atomic mass is 19.1. The molecule has 29 heavy (non-hydrogen) atoms. The summed E-state index contributed by atoms with van der Waals surface area (Å²) in [5.41, 5.74) is 2.68. The zero-order chi connectivity index (χ0) is 20.1. The first kappa shape index (κ1) is 17.8. The number of aromatic amines is 1. The van der Waals surface area contributed by atoms with Crippen molar-refractivity contribution in [3.63, 3.8) is 0 Å². The lowest BCUT2D eigenvalue weighted by Crippen LogP contribution is -2.18. The second-order valence-corrected chi connectivity index (χ2v) is 7.60. The van der Waals surface area contributed by atoms with Gasteiger partial charge in [0.2, 0.25) is 0 Å². The van der Waals surface area contributed by atoms with E-state index in [1.807, 2.05) is 20.2 Å². The van der Waals surface area contributed by atoms with E-state index in [0.29, 0.717) is 28.0 Å². The molecule has 1 aromatic carbocycles. The van der Waals surface area contributed by atoms with Gasteiger partial charge in [0.05, 0.1) is 34.4 Å². The first-order valence-corrected chi connectivity index (χ1v) is 9.62. The van der Waals surface area contributed by atoms with Crippen LogP contribution in [0.5, 0.6) is 0 Å². The lowest BCUT2D eigenvalue weighted by Gasteiger charge is -2.17. The number of nitrogens with one attached hydrogen (secondary N) is 2. The van der Waals surface area contributed by atoms with Crippen molar-refractivity contribution in [3.05, 3.63) is 53.7 Å². The van der Waals surface area contributed by atoms with Crippen molar-refractivity contribution in [2.24, 2.45) is 7.05 Å². The molecule has 1 aliphatic rings. The van der Waals surface area contributed by atoms with Crippen LogP contribution < -0.4 is 5.32 Å². The van der Waals surface area contributed by atoms with Gasteiger partial charge in [-0.25, -0.2) is 9.37 Å². The van der Waals surface area contributed by atoms with Crippen LogP contribution in [0.2, 0.25) is 0 Å². The largest absolute Gasteiger partial charge is 0.354 e. The standard InChI is InChI=1S/C21H21FN6O/c1-27-7-3-4-17(27)20-19(22)14-11-23-18(9-15(14)25-20)26-21(29)12-5-6-16-13(8-12)10-24-28(16)2/h5-6,8-11,17,25H,3-4,7H2,1-2H3,(H,23,26,29). The molecule has 7 nitrogen and oxygen atoms in total. The van der Waals surface area contributed by atoms with Gasteiger partial charge in [-0.1, -0.05) is 0 Å². The fourth-order valence-corrected chi connectivity index (χ4v) is 4.15. The average Bonchev–Trinajstić information content (AvgIpc) is 3.39. The Morgan fingerprint density at radius 3 is 2.93 bits per heavy atom. The SMILES string of the molecule is CN1CCCC1c1[nH]c2cc(NC(=O)c3ccc4c(cnn4C)c3)ncc2c1F. The summed E-state index contributed by atoms with van der Waals surface area (Å²) < 4.78 is 16.6. The van der Waals surface area contributed by atoms with Crippen molar-refractivity contribution in [1.29, 1.82) is 0 Å². The van der Waals surface area contributed by atoms with Crippen LogP contribution in [0, 0.1) is 5.82 Å². The van der Waals surface area contributed by atoms with Crippen LogP contribution in [-0.2, 0) is 7.05 Å². The first-order valence-electron chi connectivity index (χ1n) is 9.62. The highest BCUT2D eigenvalue weighted by molar-refractivity contribution is 6.06. The Kier molecular flexibility index (Phi) is 4.09. The van der Waals surface area contributed by atoms with E-state index in [9.17, 15) is 9.18 Å². The number of anilines is 1. The molecule has 0 aliphatic carbocycles. The molecular formula is C21H21FN6O. The fraction of sp³-hybridized carbons (Fsp3) is 0.286. The van der Waals surface area contributed by atoms with Crippen LogP contribution >= 0.6 is 0 Å². The highest BCUT2D eigenvalue weighted by Crippen LogP contribution is 2.34. The number of halogens is 1. The minimum absolute atomic E-state index is 0.0478. The molecule has 1 aliphatic heterocycles. The third-order valence-electron chi connectivity index (χ3n) is 5.75. The number of carbonyl (C=O) groups is 1. The molecule has 2 N–H and O–H groups in total. The molecule has 1 fully saturated rings. The molecule has 0 saturated carbocycles. The van der Waals surface area contributed by atoms with Crippen LogP contribution in [0.4, 0.5) is 10.2 Å². The van der Waals surface area contributed by atoms with E-state index in [2.05, 4.69) is 25.3 Å². The molecule has 4 aromatic rings. The molecular weight excluding hydrogens is 371 g/mol. The Bertz CT molecular complexity index is 1240. The van der Waals surface area contributed by atoms with Gasteiger partial charge in [-0.3, -0.25) is 14.4 Å².